The van der Waals surface area contributed by atoms with Gasteiger partial charge < -0.3 is 15.7 Å². The molecule has 1 aliphatic heterocycles. The largest absolute Gasteiger partial charge is 0.433 e. The number of aromatic nitrogens is 1. The maximum absolute atomic E-state index is 12.6. The topological polar surface area (TPSA) is 79.5 Å². The third kappa shape index (κ3) is 2.78. The summed E-state index contributed by atoms with van der Waals surface area (Å²) in [4.78, 5) is 16.1. The number of rotatable bonds is 2. The third-order valence-corrected chi connectivity index (χ3v) is 2.89. The average Bonchev–Trinajstić information content (AvgIpc) is 2.73. The molecule has 8 heteroatoms. The Hall–Kier alpha value is -1.83. The number of hydrogen-bond acceptors (Lipinski definition) is 4. The van der Waals surface area contributed by atoms with E-state index in [1.54, 1.807) is 0 Å². The summed E-state index contributed by atoms with van der Waals surface area (Å²) in [5, 5.41) is 9.41. The van der Waals surface area contributed by atoms with Gasteiger partial charge in [0.2, 0.25) is 0 Å². The van der Waals surface area contributed by atoms with E-state index >= 15 is 0 Å². The molecule has 2 rings (SSSR count). The van der Waals surface area contributed by atoms with Crippen LogP contribution in [0.25, 0.3) is 0 Å². The molecule has 1 fully saturated rings. The van der Waals surface area contributed by atoms with Crippen molar-refractivity contribution in [2.75, 3.05) is 18.0 Å². The number of amides is 1. The summed E-state index contributed by atoms with van der Waals surface area (Å²) in [6.45, 7) is 0.463. The van der Waals surface area contributed by atoms with E-state index in [0.717, 1.165) is 12.1 Å². The number of aliphatic hydroxyl groups excluding tert-OH is 1. The summed E-state index contributed by atoms with van der Waals surface area (Å²) in [6.07, 6.45) is -4.82. The van der Waals surface area contributed by atoms with E-state index in [1.807, 2.05) is 0 Å². The first-order chi connectivity index (χ1) is 8.79. The number of hydrogen-bond donors (Lipinski definition) is 2. The summed E-state index contributed by atoms with van der Waals surface area (Å²) in [5.41, 5.74) is 3.96. The van der Waals surface area contributed by atoms with Gasteiger partial charge in [-0.15, -0.1) is 0 Å². The highest BCUT2D eigenvalue weighted by Gasteiger charge is 2.35. The SMILES string of the molecule is NC(=O)c1ccc(C(F)(F)F)nc1N1CC[C@H](O)C1. The Morgan fingerprint density at radius 1 is 1.47 bits per heavy atom. The van der Waals surface area contributed by atoms with Gasteiger partial charge in [-0.2, -0.15) is 13.2 Å². The van der Waals surface area contributed by atoms with Crippen LogP contribution in [0.15, 0.2) is 12.1 Å². The quantitative estimate of drug-likeness (QED) is 0.835. The summed E-state index contributed by atoms with van der Waals surface area (Å²) < 4.78 is 37.9. The van der Waals surface area contributed by atoms with Crippen molar-refractivity contribution in [2.24, 2.45) is 5.73 Å². The highest BCUT2D eigenvalue weighted by molar-refractivity contribution is 5.97. The average molecular weight is 275 g/mol. The van der Waals surface area contributed by atoms with Crippen LogP contribution in [0.3, 0.4) is 0 Å². The van der Waals surface area contributed by atoms with Crippen molar-refractivity contribution in [1.82, 2.24) is 4.98 Å². The van der Waals surface area contributed by atoms with Crippen LogP contribution in [0.1, 0.15) is 22.5 Å². The minimum atomic E-state index is -4.59. The molecule has 104 valence electrons. The van der Waals surface area contributed by atoms with E-state index in [2.05, 4.69) is 4.98 Å². The van der Waals surface area contributed by atoms with Crippen molar-refractivity contribution >= 4 is 11.7 Å². The Morgan fingerprint density at radius 3 is 2.63 bits per heavy atom. The van der Waals surface area contributed by atoms with Crippen molar-refractivity contribution < 1.29 is 23.1 Å². The standard InChI is InChI=1S/C11H12F3N3O2/c12-11(13,14)8-2-1-7(9(15)19)10(16-8)17-4-3-6(18)5-17/h1-2,6,18H,3-5H2,(H2,15,19)/t6-/m0/s1. The van der Waals surface area contributed by atoms with Crippen LogP contribution in [0.2, 0.25) is 0 Å². The van der Waals surface area contributed by atoms with Gasteiger partial charge >= 0.3 is 6.18 Å². The molecule has 0 bridgehead atoms. The van der Waals surface area contributed by atoms with Gasteiger partial charge in [0.15, 0.2) is 0 Å². The molecule has 1 aliphatic rings. The second kappa shape index (κ2) is 4.69. The number of β-amino-alcohol motifs (C(OH)–C–C–N with tert-alkyl or cyclic N) is 1. The normalized spacial score (nSPS) is 19.8. The number of aliphatic hydroxyl groups is 1. The zero-order valence-corrected chi connectivity index (χ0v) is 9.81. The summed E-state index contributed by atoms with van der Waals surface area (Å²) in [6, 6.07) is 1.73. The van der Waals surface area contributed by atoms with E-state index in [9.17, 15) is 23.1 Å². The van der Waals surface area contributed by atoms with Gasteiger partial charge in [0.05, 0.1) is 11.7 Å². The van der Waals surface area contributed by atoms with E-state index in [1.165, 1.54) is 4.90 Å². The van der Waals surface area contributed by atoms with E-state index < -0.39 is 23.9 Å². The zero-order valence-electron chi connectivity index (χ0n) is 9.81. The molecule has 19 heavy (non-hydrogen) atoms. The number of carbonyl (C=O) groups is 1. The molecule has 1 aromatic rings. The fourth-order valence-electron chi connectivity index (χ4n) is 1.97. The maximum atomic E-state index is 12.6. The molecule has 0 spiro atoms. The van der Waals surface area contributed by atoms with Gasteiger partial charge in [-0.05, 0) is 18.6 Å². The predicted octanol–water partition coefficient (Wildman–Crippen LogP) is 0.770. The number of pyridine rings is 1. The third-order valence-electron chi connectivity index (χ3n) is 2.89. The number of halogens is 3. The van der Waals surface area contributed by atoms with Gasteiger partial charge in [-0.25, -0.2) is 4.98 Å². The number of anilines is 1. The first-order valence-electron chi connectivity index (χ1n) is 5.60. The predicted molar refractivity (Wildman–Crippen MR) is 60.6 cm³/mol. The molecule has 1 aromatic heterocycles. The lowest BCUT2D eigenvalue weighted by molar-refractivity contribution is -0.141. The van der Waals surface area contributed by atoms with Gasteiger partial charge in [0.25, 0.3) is 5.91 Å². The van der Waals surface area contributed by atoms with Crippen LogP contribution in [0.5, 0.6) is 0 Å². The van der Waals surface area contributed by atoms with Crippen LogP contribution in [0, 0.1) is 0 Å². The molecule has 2 heterocycles. The molecular weight excluding hydrogens is 263 g/mol. The number of nitrogens with zero attached hydrogens (tertiary/aromatic N) is 2. The molecule has 0 aromatic carbocycles. The molecule has 0 saturated carbocycles. The van der Waals surface area contributed by atoms with Crippen LogP contribution in [-0.4, -0.2) is 35.2 Å². The minimum absolute atomic E-state index is 0.0814. The second-order valence-corrected chi connectivity index (χ2v) is 4.32. The van der Waals surface area contributed by atoms with Gasteiger partial charge in [-0.3, -0.25) is 4.79 Å². The first kappa shape index (κ1) is 13.6. The molecule has 0 unspecified atom stereocenters. The number of primary amides is 1. The lowest BCUT2D eigenvalue weighted by Crippen LogP contribution is -2.27. The first-order valence-corrected chi connectivity index (χ1v) is 5.60. The van der Waals surface area contributed by atoms with E-state index in [0.29, 0.717) is 13.0 Å². The van der Waals surface area contributed by atoms with Gasteiger partial charge in [0, 0.05) is 13.1 Å². The van der Waals surface area contributed by atoms with E-state index in [4.69, 9.17) is 5.73 Å². The smallest absolute Gasteiger partial charge is 0.391 e. The molecular formula is C11H12F3N3O2. The summed E-state index contributed by atoms with van der Waals surface area (Å²) in [7, 11) is 0. The molecule has 1 amide bonds. The van der Waals surface area contributed by atoms with Crippen molar-refractivity contribution in [3.8, 4) is 0 Å². The Balaban J connectivity index is 2.45. The molecule has 0 radical (unpaired) electrons. The minimum Gasteiger partial charge on any atom is -0.391 e. The van der Waals surface area contributed by atoms with Crippen molar-refractivity contribution in [3.63, 3.8) is 0 Å². The second-order valence-electron chi connectivity index (χ2n) is 4.32. The number of carbonyl (C=O) groups excluding carboxylic acids is 1. The Kier molecular flexibility index (Phi) is 3.36. The molecule has 1 atom stereocenters. The Labute approximate surface area is 106 Å². The van der Waals surface area contributed by atoms with E-state index in [-0.39, 0.29) is 17.9 Å². The van der Waals surface area contributed by atoms with Crippen LogP contribution < -0.4 is 10.6 Å². The lowest BCUT2D eigenvalue weighted by Gasteiger charge is -2.20. The van der Waals surface area contributed by atoms with Crippen molar-refractivity contribution in [2.45, 2.75) is 18.7 Å². The monoisotopic (exact) mass is 275 g/mol. The molecule has 0 aliphatic carbocycles. The fourth-order valence-corrected chi connectivity index (χ4v) is 1.97. The lowest BCUT2D eigenvalue weighted by atomic mass is 10.2. The van der Waals surface area contributed by atoms with Crippen molar-refractivity contribution in [1.29, 1.82) is 0 Å². The highest BCUT2D eigenvalue weighted by Crippen LogP contribution is 2.31. The van der Waals surface area contributed by atoms with Crippen molar-refractivity contribution in [3.05, 3.63) is 23.4 Å². The maximum Gasteiger partial charge on any atom is 0.433 e. The summed E-state index contributed by atoms with van der Waals surface area (Å²) in [5.74, 6) is -0.975. The number of alkyl halides is 3. The van der Waals surface area contributed by atoms with Crippen LogP contribution >= 0.6 is 0 Å². The number of nitrogens with two attached hydrogens (primary N) is 1. The molecule has 3 N–H and O–H groups in total. The molecule has 1 saturated heterocycles. The Morgan fingerprint density at radius 2 is 2.16 bits per heavy atom. The summed E-state index contributed by atoms with van der Waals surface area (Å²) >= 11 is 0. The van der Waals surface area contributed by atoms with Crippen LogP contribution in [-0.2, 0) is 6.18 Å². The van der Waals surface area contributed by atoms with Gasteiger partial charge in [-0.1, -0.05) is 0 Å². The Bertz CT molecular complexity index is 504. The van der Waals surface area contributed by atoms with Gasteiger partial charge in [0.1, 0.15) is 11.5 Å². The van der Waals surface area contributed by atoms with Crippen LogP contribution in [0.4, 0.5) is 19.0 Å². The highest BCUT2D eigenvalue weighted by atomic mass is 19.4. The fraction of sp³-hybridized carbons (Fsp3) is 0.455. The zero-order chi connectivity index (χ0) is 14.2. The molecule has 5 nitrogen and oxygen atoms in total.